The molecule has 0 spiro atoms. The van der Waals surface area contributed by atoms with E-state index in [1.165, 1.54) is 0 Å². The predicted molar refractivity (Wildman–Crippen MR) is 58.9 cm³/mol. The van der Waals surface area contributed by atoms with Gasteiger partial charge in [0.05, 0.1) is 5.92 Å². The number of rotatable bonds is 4. The van der Waals surface area contributed by atoms with Gasteiger partial charge in [-0.1, -0.05) is 19.8 Å². The number of carbonyl (C=O) groups is 1. The molecule has 3 nitrogen and oxygen atoms in total. The molecule has 6 heteroatoms. The molecular weight excluding hydrogens is 249 g/mol. The fraction of sp³-hybridized carbons (Fsp3) is 0.917. The van der Waals surface area contributed by atoms with Gasteiger partial charge in [0.25, 0.3) is 0 Å². The van der Waals surface area contributed by atoms with Crippen LogP contribution in [-0.2, 0) is 4.79 Å². The summed E-state index contributed by atoms with van der Waals surface area (Å²) in [6, 6.07) is 0. The smallest absolute Gasteiger partial charge is 0.414 e. The lowest BCUT2D eigenvalue weighted by atomic mass is 9.75. The SMILES string of the molecule is CC(C(=O)O)C1CCC(CC(O)C(F)(F)F)CC1. The Morgan fingerprint density at radius 2 is 1.78 bits per heavy atom. The van der Waals surface area contributed by atoms with Crippen LogP contribution in [0.3, 0.4) is 0 Å². The summed E-state index contributed by atoms with van der Waals surface area (Å²) in [6.07, 6.45) is -4.69. The molecule has 0 radical (unpaired) electrons. The van der Waals surface area contributed by atoms with Gasteiger partial charge in [-0.2, -0.15) is 13.2 Å². The Balaban J connectivity index is 2.38. The number of carboxylic acids is 1. The lowest BCUT2D eigenvalue weighted by molar-refractivity contribution is -0.209. The largest absolute Gasteiger partial charge is 0.481 e. The summed E-state index contributed by atoms with van der Waals surface area (Å²) < 4.78 is 36.6. The third kappa shape index (κ3) is 4.15. The topological polar surface area (TPSA) is 57.5 Å². The Kier molecular flexibility index (Phi) is 5.01. The molecule has 1 saturated carbocycles. The summed E-state index contributed by atoms with van der Waals surface area (Å²) in [4.78, 5) is 10.8. The molecule has 18 heavy (non-hydrogen) atoms. The van der Waals surface area contributed by atoms with Crippen molar-refractivity contribution >= 4 is 5.97 Å². The van der Waals surface area contributed by atoms with E-state index in [4.69, 9.17) is 10.2 Å². The maximum Gasteiger partial charge on any atom is 0.414 e. The molecule has 1 rings (SSSR count). The van der Waals surface area contributed by atoms with Crippen LogP contribution in [-0.4, -0.2) is 28.5 Å². The van der Waals surface area contributed by atoms with Gasteiger partial charge >= 0.3 is 12.1 Å². The second-order valence-electron chi connectivity index (χ2n) is 5.20. The number of alkyl halides is 3. The van der Waals surface area contributed by atoms with Crippen LogP contribution in [0, 0.1) is 17.8 Å². The molecule has 0 saturated heterocycles. The van der Waals surface area contributed by atoms with Crippen LogP contribution in [0.5, 0.6) is 0 Å². The van der Waals surface area contributed by atoms with Crippen LogP contribution in [0.15, 0.2) is 0 Å². The van der Waals surface area contributed by atoms with Gasteiger partial charge in [-0.25, -0.2) is 0 Å². The molecule has 1 aliphatic rings. The van der Waals surface area contributed by atoms with Gasteiger partial charge in [-0.3, -0.25) is 4.79 Å². The maximum absolute atomic E-state index is 12.2. The van der Waals surface area contributed by atoms with Crippen LogP contribution >= 0.6 is 0 Å². The van der Waals surface area contributed by atoms with Crippen molar-refractivity contribution in [2.45, 2.75) is 51.3 Å². The van der Waals surface area contributed by atoms with Gasteiger partial charge in [0.2, 0.25) is 0 Å². The Bertz CT molecular complexity index is 283. The second-order valence-corrected chi connectivity index (χ2v) is 5.20. The third-order valence-corrected chi connectivity index (χ3v) is 3.92. The molecule has 0 heterocycles. The molecule has 2 N–H and O–H groups in total. The average Bonchev–Trinajstić information content (AvgIpc) is 2.27. The number of hydrogen-bond acceptors (Lipinski definition) is 2. The van der Waals surface area contributed by atoms with Crippen molar-refractivity contribution in [1.82, 2.24) is 0 Å². The lowest BCUT2D eigenvalue weighted by Crippen LogP contribution is -2.32. The molecule has 2 unspecified atom stereocenters. The summed E-state index contributed by atoms with van der Waals surface area (Å²) in [5, 5.41) is 17.8. The number of aliphatic carboxylic acids is 1. The van der Waals surface area contributed by atoms with Crippen molar-refractivity contribution < 1.29 is 28.2 Å². The van der Waals surface area contributed by atoms with E-state index in [-0.39, 0.29) is 18.3 Å². The zero-order valence-electron chi connectivity index (χ0n) is 10.3. The highest BCUT2D eigenvalue weighted by Gasteiger charge is 2.40. The van der Waals surface area contributed by atoms with E-state index in [1.54, 1.807) is 6.92 Å². The predicted octanol–water partition coefficient (Wildman–Crippen LogP) is 2.83. The first-order chi connectivity index (χ1) is 8.21. The van der Waals surface area contributed by atoms with Crippen molar-refractivity contribution in [2.24, 2.45) is 17.8 Å². The molecule has 106 valence electrons. The number of halogens is 3. The summed E-state index contributed by atoms with van der Waals surface area (Å²) in [6.45, 7) is 1.64. The van der Waals surface area contributed by atoms with Gasteiger partial charge in [0.15, 0.2) is 0 Å². The van der Waals surface area contributed by atoms with E-state index >= 15 is 0 Å². The molecule has 0 amide bonds. The Hall–Kier alpha value is -0.780. The average molecular weight is 268 g/mol. The highest BCUT2D eigenvalue weighted by Crippen LogP contribution is 2.37. The molecule has 0 aromatic rings. The van der Waals surface area contributed by atoms with Crippen LogP contribution in [0.4, 0.5) is 13.2 Å². The minimum Gasteiger partial charge on any atom is -0.481 e. The molecule has 2 atom stereocenters. The quantitative estimate of drug-likeness (QED) is 0.824. The zero-order valence-corrected chi connectivity index (χ0v) is 10.3. The lowest BCUT2D eigenvalue weighted by Gasteiger charge is -2.31. The summed E-state index contributed by atoms with van der Waals surface area (Å²) in [7, 11) is 0. The number of hydrogen-bond donors (Lipinski definition) is 2. The Labute approximate surface area is 104 Å². The number of aliphatic hydroxyl groups excluding tert-OH is 1. The molecule has 1 aliphatic carbocycles. The fourth-order valence-electron chi connectivity index (χ4n) is 2.57. The maximum atomic E-state index is 12.2. The van der Waals surface area contributed by atoms with Gasteiger partial charge in [-0.15, -0.1) is 0 Å². The van der Waals surface area contributed by atoms with E-state index in [0.717, 1.165) is 0 Å². The number of aliphatic hydroxyl groups is 1. The first kappa shape index (κ1) is 15.3. The first-order valence-corrected chi connectivity index (χ1v) is 6.19. The minimum atomic E-state index is -4.55. The molecule has 0 aromatic heterocycles. The molecular formula is C12H19F3O3. The fourth-order valence-corrected chi connectivity index (χ4v) is 2.57. The standard InChI is InChI=1S/C12H19F3O3/c1-7(11(17)18)9-4-2-8(3-5-9)6-10(16)12(13,14)15/h7-10,16H,2-6H2,1H3,(H,17,18). The van der Waals surface area contributed by atoms with E-state index in [2.05, 4.69) is 0 Å². The molecule has 0 aliphatic heterocycles. The van der Waals surface area contributed by atoms with Gasteiger partial charge in [0, 0.05) is 0 Å². The normalized spacial score (nSPS) is 28.7. The van der Waals surface area contributed by atoms with Crippen molar-refractivity contribution in [2.75, 3.05) is 0 Å². The third-order valence-electron chi connectivity index (χ3n) is 3.92. The molecule has 1 fully saturated rings. The van der Waals surface area contributed by atoms with E-state index in [0.29, 0.717) is 25.7 Å². The van der Waals surface area contributed by atoms with Crippen molar-refractivity contribution in [3.63, 3.8) is 0 Å². The highest BCUT2D eigenvalue weighted by molar-refractivity contribution is 5.69. The Morgan fingerprint density at radius 1 is 1.28 bits per heavy atom. The van der Waals surface area contributed by atoms with Crippen LogP contribution in [0.2, 0.25) is 0 Å². The van der Waals surface area contributed by atoms with E-state index in [9.17, 15) is 18.0 Å². The number of carboxylic acid groups (broad SMARTS) is 1. The van der Waals surface area contributed by atoms with E-state index in [1.807, 2.05) is 0 Å². The van der Waals surface area contributed by atoms with E-state index < -0.39 is 24.2 Å². The van der Waals surface area contributed by atoms with Crippen molar-refractivity contribution in [3.8, 4) is 0 Å². The van der Waals surface area contributed by atoms with Gasteiger partial charge in [0.1, 0.15) is 6.10 Å². The molecule has 0 aromatic carbocycles. The first-order valence-electron chi connectivity index (χ1n) is 6.19. The zero-order chi connectivity index (χ0) is 13.9. The van der Waals surface area contributed by atoms with Gasteiger partial charge in [-0.05, 0) is 31.1 Å². The summed E-state index contributed by atoms with van der Waals surface area (Å²) in [5.74, 6) is -1.41. The monoisotopic (exact) mass is 268 g/mol. The summed E-state index contributed by atoms with van der Waals surface area (Å²) >= 11 is 0. The van der Waals surface area contributed by atoms with Gasteiger partial charge < -0.3 is 10.2 Å². The van der Waals surface area contributed by atoms with Crippen molar-refractivity contribution in [3.05, 3.63) is 0 Å². The van der Waals surface area contributed by atoms with Crippen molar-refractivity contribution in [1.29, 1.82) is 0 Å². The minimum absolute atomic E-state index is 0.0433. The second kappa shape index (κ2) is 5.91. The summed E-state index contributed by atoms with van der Waals surface area (Å²) in [5.41, 5.74) is 0. The Morgan fingerprint density at radius 3 is 2.17 bits per heavy atom. The van der Waals surface area contributed by atoms with Crippen LogP contribution < -0.4 is 0 Å². The van der Waals surface area contributed by atoms with Crippen LogP contribution in [0.1, 0.15) is 39.0 Å². The highest BCUT2D eigenvalue weighted by atomic mass is 19.4. The van der Waals surface area contributed by atoms with Crippen LogP contribution in [0.25, 0.3) is 0 Å². The molecule has 0 bridgehead atoms.